The van der Waals surface area contributed by atoms with Crippen molar-refractivity contribution < 1.29 is 6.15 Å². The van der Waals surface area contributed by atoms with Crippen molar-refractivity contribution in [2.24, 2.45) is 0 Å². The molecule has 0 amide bonds. The minimum atomic E-state index is -2.91. The molecule has 0 saturated heterocycles. The zero-order valence-corrected chi connectivity index (χ0v) is 14.4. The fraction of sp³-hybridized carbons (Fsp3) is 0.714. The van der Waals surface area contributed by atoms with Crippen LogP contribution in [-0.2, 0) is 6.15 Å². The summed E-state index contributed by atoms with van der Waals surface area (Å²) < 4.78 is 14.1. The van der Waals surface area contributed by atoms with E-state index in [1.807, 2.05) is 12.2 Å². The molecule has 0 radical (unpaired) electrons. The molecule has 0 aromatic carbocycles. The van der Waals surface area contributed by atoms with Crippen LogP contribution in [0.25, 0.3) is 0 Å². The van der Waals surface area contributed by atoms with Gasteiger partial charge < -0.3 is 0 Å². The van der Waals surface area contributed by atoms with Crippen molar-refractivity contribution in [3.8, 4) is 0 Å². The van der Waals surface area contributed by atoms with E-state index >= 15 is 0 Å². The van der Waals surface area contributed by atoms with Crippen molar-refractivity contribution in [1.82, 2.24) is 0 Å². The van der Waals surface area contributed by atoms with Crippen LogP contribution in [0.5, 0.6) is 0 Å². The van der Waals surface area contributed by atoms with E-state index in [9.17, 15) is 0 Å². The Morgan fingerprint density at radius 2 is 1.29 bits per heavy atom. The van der Waals surface area contributed by atoms with Crippen LogP contribution in [0.4, 0.5) is 0 Å². The van der Waals surface area contributed by atoms with Crippen molar-refractivity contribution in [3.05, 3.63) is 25.3 Å². The first kappa shape index (κ1) is 17.2. The molecule has 0 aliphatic heterocycles. The second-order valence-corrected chi connectivity index (χ2v) is 13.5. The number of hydrogen-bond acceptors (Lipinski definition) is 2. The van der Waals surface area contributed by atoms with Gasteiger partial charge in [0.2, 0.25) is 0 Å². The molecule has 0 aliphatic carbocycles. The van der Waals surface area contributed by atoms with Crippen LogP contribution in [0.15, 0.2) is 25.3 Å². The molecule has 0 aromatic heterocycles. The minimum absolute atomic E-state index is 0.834. The van der Waals surface area contributed by atoms with E-state index in [1.165, 1.54) is 12.8 Å². The van der Waals surface area contributed by atoms with Gasteiger partial charge in [0.05, 0.1) is 0 Å². The molecule has 3 heteroatoms. The van der Waals surface area contributed by atoms with Gasteiger partial charge in [-0.2, -0.15) is 0 Å². The average Bonchev–Trinajstić information content (AvgIpc) is 2.30. The first-order chi connectivity index (χ1) is 8.24. The van der Waals surface area contributed by atoms with E-state index in [0.717, 1.165) is 34.9 Å². The third kappa shape index (κ3) is 8.00. The molecule has 0 N–H and O–H groups in total. The summed E-state index contributed by atoms with van der Waals surface area (Å²) >= 11 is -2.91. The molecule has 0 spiro atoms. The van der Waals surface area contributed by atoms with Crippen LogP contribution >= 0.6 is 0 Å². The van der Waals surface area contributed by atoms with Crippen LogP contribution < -0.4 is 0 Å². The second kappa shape index (κ2) is 11.3. The molecular formula is C14H28O2Sn. The van der Waals surface area contributed by atoms with E-state index in [4.69, 9.17) is 6.15 Å². The van der Waals surface area contributed by atoms with Crippen LogP contribution in [0.1, 0.15) is 39.5 Å². The molecule has 0 saturated carbocycles. The molecule has 2 nitrogen and oxygen atoms in total. The maximum absolute atomic E-state index is 6.14. The topological polar surface area (TPSA) is 18.5 Å². The first-order valence-electron chi connectivity index (χ1n) is 6.74. The Morgan fingerprint density at radius 1 is 0.882 bits per heavy atom. The van der Waals surface area contributed by atoms with Crippen molar-refractivity contribution in [2.45, 2.75) is 48.4 Å². The first-order valence-corrected chi connectivity index (χ1v) is 13.1. The average molecular weight is 347 g/mol. The predicted molar refractivity (Wildman–Crippen MR) is 77.5 cm³/mol. The van der Waals surface area contributed by atoms with Crippen LogP contribution in [0, 0.1) is 0 Å². The van der Waals surface area contributed by atoms with E-state index in [-0.39, 0.29) is 0 Å². The summed E-state index contributed by atoms with van der Waals surface area (Å²) in [5.41, 5.74) is 0. The van der Waals surface area contributed by atoms with E-state index in [0.29, 0.717) is 0 Å². The van der Waals surface area contributed by atoms with Crippen LogP contribution in [-0.4, -0.2) is 32.4 Å². The monoisotopic (exact) mass is 348 g/mol. The number of unbranched alkanes of at least 4 members (excludes halogenated alkanes) is 2. The molecule has 17 heavy (non-hydrogen) atoms. The Labute approximate surface area is 112 Å². The third-order valence-electron chi connectivity index (χ3n) is 2.64. The third-order valence-corrected chi connectivity index (χ3v) is 12.0. The van der Waals surface area contributed by atoms with Crippen molar-refractivity contribution in [1.29, 1.82) is 0 Å². The fourth-order valence-corrected chi connectivity index (χ4v) is 9.12. The Balaban J connectivity index is 4.35. The van der Waals surface area contributed by atoms with Gasteiger partial charge in [-0.05, 0) is 0 Å². The predicted octanol–water partition coefficient (Wildman–Crippen LogP) is 4.43. The molecule has 0 atom stereocenters. The summed E-state index contributed by atoms with van der Waals surface area (Å²) in [5, 5.41) is 0. The number of rotatable bonds is 12. The van der Waals surface area contributed by atoms with Gasteiger partial charge in [0, 0.05) is 0 Å². The zero-order chi connectivity index (χ0) is 13.0. The summed E-state index contributed by atoms with van der Waals surface area (Å²) in [6, 6.07) is 0. The molecular weight excluding hydrogens is 319 g/mol. The second-order valence-electron chi connectivity index (χ2n) is 4.30. The summed E-state index contributed by atoms with van der Waals surface area (Å²) in [4.78, 5) is 0. The Kier molecular flexibility index (Phi) is 11.4. The quantitative estimate of drug-likeness (QED) is 0.295. The SMILES string of the molecule is C=C[CH2][Sn]([CH2]C=C)([O]CCCC)[O]CCCC. The van der Waals surface area contributed by atoms with Crippen molar-refractivity contribution in [2.75, 3.05) is 13.2 Å². The Bertz CT molecular complexity index is 182. The van der Waals surface area contributed by atoms with E-state index < -0.39 is 19.2 Å². The molecule has 0 unspecified atom stereocenters. The molecule has 0 fully saturated rings. The zero-order valence-electron chi connectivity index (χ0n) is 11.5. The van der Waals surface area contributed by atoms with Crippen LogP contribution in [0.2, 0.25) is 8.87 Å². The fourth-order valence-electron chi connectivity index (χ4n) is 1.61. The molecule has 0 bridgehead atoms. The molecule has 0 rings (SSSR count). The van der Waals surface area contributed by atoms with Gasteiger partial charge >= 0.3 is 112 Å². The summed E-state index contributed by atoms with van der Waals surface area (Å²) in [6.07, 6.45) is 8.47. The van der Waals surface area contributed by atoms with E-state index in [2.05, 4.69) is 27.0 Å². The summed E-state index contributed by atoms with van der Waals surface area (Å²) in [6.45, 7) is 13.7. The Hall–Kier alpha value is 0.199. The molecule has 0 aromatic rings. The van der Waals surface area contributed by atoms with E-state index in [1.54, 1.807) is 0 Å². The Morgan fingerprint density at radius 3 is 1.59 bits per heavy atom. The van der Waals surface area contributed by atoms with Crippen molar-refractivity contribution in [3.63, 3.8) is 0 Å². The van der Waals surface area contributed by atoms with Crippen LogP contribution in [0.3, 0.4) is 0 Å². The van der Waals surface area contributed by atoms with Gasteiger partial charge in [-0.3, -0.25) is 0 Å². The number of allylic oxidation sites excluding steroid dienone is 2. The van der Waals surface area contributed by atoms with Crippen molar-refractivity contribution >= 4 is 19.2 Å². The molecule has 0 heterocycles. The number of hydrogen-bond donors (Lipinski definition) is 0. The van der Waals surface area contributed by atoms with Gasteiger partial charge in [-0.25, -0.2) is 0 Å². The van der Waals surface area contributed by atoms with Gasteiger partial charge in [-0.15, -0.1) is 0 Å². The van der Waals surface area contributed by atoms with Gasteiger partial charge in [-0.1, -0.05) is 0 Å². The van der Waals surface area contributed by atoms with Gasteiger partial charge in [0.15, 0.2) is 0 Å². The maximum atomic E-state index is 6.14. The normalized spacial score (nSPS) is 11.4. The van der Waals surface area contributed by atoms with Gasteiger partial charge in [0.25, 0.3) is 0 Å². The standard InChI is InChI=1S/2C4H9O.2C3H5.Sn/c2*1-2-3-4-5;2*1-3-2;/h2*2-4H2,1H3;2*3H,1-2H2;/q2*-1;;;+2. The molecule has 0 aliphatic rings. The van der Waals surface area contributed by atoms with Gasteiger partial charge in [0.1, 0.15) is 0 Å². The molecule has 100 valence electrons. The summed E-state index contributed by atoms with van der Waals surface area (Å²) in [5.74, 6) is 0. The summed E-state index contributed by atoms with van der Waals surface area (Å²) in [7, 11) is 0.